The second-order valence-corrected chi connectivity index (χ2v) is 3.40. The third-order valence-electron chi connectivity index (χ3n) is 2.35. The zero-order valence-corrected chi connectivity index (χ0v) is 8.77. The maximum atomic E-state index is 5.76. The monoisotopic (exact) mass is 209 g/mol. The number of pyridine rings is 1. The Morgan fingerprint density at radius 3 is 2.80 bits per heavy atom. The van der Waals surface area contributed by atoms with Crippen molar-refractivity contribution in [2.24, 2.45) is 0 Å². The van der Waals surface area contributed by atoms with Crippen molar-refractivity contribution in [3.63, 3.8) is 0 Å². The quantitative estimate of drug-likeness (QED) is 0.769. The number of methoxy groups -OCH3 is 1. The molecule has 5 heteroatoms. The van der Waals surface area contributed by atoms with Gasteiger partial charge in [0.05, 0.1) is 20.3 Å². The molecule has 82 valence electrons. The summed E-state index contributed by atoms with van der Waals surface area (Å²) in [5.74, 6) is 1.41. The first kappa shape index (κ1) is 10.0. The fraction of sp³-hybridized carbons (Fsp3) is 0.500. The van der Waals surface area contributed by atoms with Crippen molar-refractivity contribution in [1.82, 2.24) is 4.98 Å². The summed E-state index contributed by atoms with van der Waals surface area (Å²) in [7, 11) is 1.59. The number of nitrogens with zero attached hydrogens (tertiary/aromatic N) is 2. The van der Waals surface area contributed by atoms with Crippen LogP contribution in [0.25, 0.3) is 0 Å². The van der Waals surface area contributed by atoms with Gasteiger partial charge in [-0.3, -0.25) is 0 Å². The van der Waals surface area contributed by atoms with E-state index in [9.17, 15) is 0 Å². The molecule has 0 amide bonds. The zero-order valence-electron chi connectivity index (χ0n) is 8.77. The van der Waals surface area contributed by atoms with Gasteiger partial charge >= 0.3 is 0 Å². The Hall–Kier alpha value is -1.49. The third kappa shape index (κ3) is 2.30. The smallest absolute Gasteiger partial charge is 0.216 e. The van der Waals surface area contributed by atoms with Gasteiger partial charge < -0.3 is 20.1 Å². The fourth-order valence-corrected chi connectivity index (χ4v) is 1.57. The van der Waals surface area contributed by atoms with Crippen LogP contribution in [0.15, 0.2) is 12.1 Å². The minimum atomic E-state index is 0.552. The number of hydrogen-bond donors (Lipinski definition) is 1. The summed E-state index contributed by atoms with van der Waals surface area (Å²) < 4.78 is 10.4. The normalized spacial score (nSPS) is 16.5. The Labute approximate surface area is 88.8 Å². The number of morpholine rings is 1. The van der Waals surface area contributed by atoms with E-state index in [-0.39, 0.29) is 0 Å². The van der Waals surface area contributed by atoms with Crippen LogP contribution >= 0.6 is 0 Å². The number of rotatable bonds is 2. The lowest BCUT2D eigenvalue weighted by molar-refractivity contribution is 0.122. The average molecular weight is 209 g/mol. The Bertz CT molecular complexity index is 337. The molecule has 0 radical (unpaired) electrons. The molecule has 0 atom stereocenters. The molecule has 2 heterocycles. The molecule has 2 N–H and O–H groups in total. The van der Waals surface area contributed by atoms with Crippen molar-refractivity contribution in [3.8, 4) is 5.88 Å². The van der Waals surface area contributed by atoms with Gasteiger partial charge in [0, 0.05) is 30.9 Å². The molecule has 1 aliphatic heterocycles. The van der Waals surface area contributed by atoms with Crippen LogP contribution in [-0.4, -0.2) is 38.4 Å². The van der Waals surface area contributed by atoms with Crippen molar-refractivity contribution in [2.75, 3.05) is 44.0 Å². The number of ether oxygens (including phenoxy) is 2. The highest BCUT2D eigenvalue weighted by atomic mass is 16.5. The summed E-state index contributed by atoms with van der Waals surface area (Å²) >= 11 is 0. The summed E-state index contributed by atoms with van der Waals surface area (Å²) in [6.07, 6.45) is 0. The molecule has 1 aromatic heterocycles. The van der Waals surface area contributed by atoms with Gasteiger partial charge in [-0.2, -0.15) is 4.98 Å². The predicted molar refractivity (Wildman–Crippen MR) is 58.2 cm³/mol. The van der Waals surface area contributed by atoms with E-state index in [0.717, 1.165) is 32.1 Å². The van der Waals surface area contributed by atoms with Crippen LogP contribution in [0, 0.1) is 0 Å². The largest absolute Gasteiger partial charge is 0.481 e. The van der Waals surface area contributed by atoms with E-state index in [1.165, 1.54) is 0 Å². The highest BCUT2D eigenvalue weighted by Gasteiger charge is 2.13. The van der Waals surface area contributed by atoms with Gasteiger partial charge in [0.25, 0.3) is 0 Å². The number of nitrogen functional groups attached to an aromatic ring is 1. The van der Waals surface area contributed by atoms with Crippen LogP contribution in [0.3, 0.4) is 0 Å². The molecular weight excluding hydrogens is 194 g/mol. The second-order valence-electron chi connectivity index (χ2n) is 3.40. The summed E-state index contributed by atoms with van der Waals surface area (Å²) in [5, 5.41) is 0. The third-order valence-corrected chi connectivity index (χ3v) is 2.35. The molecule has 1 saturated heterocycles. The van der Waals surface area contributed by atoms with Crippen LogP contribution < -0.4 is 15.4 Å². The van der Waals surface area contributed by atoms with E-state index in [0.29, 0.717) is 11.6 Å². The molecule has 0 saturated carbocycles. The molecule has 0 aliphatic carbocycles. The predicted octanol–water partition coefficient (Wildman–Crippen LogP) is 0.509. The lowest BCUT2D eigenvalue weighted by Gasteiger charge is -2.28. The van der Waals surface area contributed by atoms with E-state index in [1.54, 1.807) is 13.2 Å². The summed E-state index contributed by atoms with van der Waals surface area (Å²) in [5.41, 5.74) is 6.43. The lowest BCUT2D eigenvalue weighted by atomic mass is 10.3. The lowest BCUT2D eigenvalue weighted by Crippen LogP contribution is -2.36. The van der Waals surface area contributed by atoms with E-state index >= 15 is 0 Å². The Morgan fingerprint density at radius 1 is 1.40 bits per heavy atom. The molecule has 1 fully saturated rings. The summed E-state index contributed by atoms with van der Waals surface area (Å²) in [4.78, 5) is 6.49. The highest BCUT2D eigenvalue weighted by Crippen LogP contribution is 2.21. The standard InChI is InChI=1S/C10H15N3O2/c1-14-10-7-8(11)6-9(12-10)13-2-4-15-5-3-13/h6-7H,2-5H2,1H3,(H2,11,12). The van der Waals surface area contributed by atoms with Crippen LogP contribution in [0.1, 0.15) is 0 Å². The highest BCUT2D eigenvalue weighted by molar-refractivity contribution is 5.53. The van der Waals surface area contributed by atoms with Crippen LogP contribution in [-0.2, 0) is 4.74 Å². The number of aromatic nitrogens is 1. The van der Waals surface area contributed by atoms with Gasteiger partial charge in [-0.25, -0.2) is 0 Å². The van der Waals surface area contributed by atoms with Crippen molar-refractivity contribution >= 4 is 11.5 Å². The molecule has 2 rings (SSSR count). The molecular formula is C10H15N3O2. The van der Waals surface area contributed by atoms with Gasteiger partial charge in [0.15, 0.2) is 0 Å². The van der Waals surface area contributed by atoms with Gasteiger partial charge in [-0.1, -0.05) is 0 Å². The maximum absolute atomic E-state index is 5.76. The van der Waals surface area contributed by atoms with Crippen molar-refractivity contribution in [2.45, 2.75) is 0 Å². The first-order valence-corrected chi connectivity index (χ1v) is 4.94. The van der Waals surface area contributed by atoms with Crippen molar-refractivity contribution in [1.29, 1.82) is 0 Å². The second kappa shape index (κ2) is 4.35. The average Bonchev–Trinajstić information content (AvgIpc) is 2.29. The minimum Gasteiger partial charge on any atom is -0.481 e. The van der Waals surface area contributed by atoms with Gasteiger partial charge in [0.2, 0.25) is 5.88 Å². The molecule has 0 spiro atoms. The Morgan fingerprint density at radius 2 is 2.13 bits per heavy atom. The van der Waals surface area contributed by atoms with E-state index in [2.05, 4.69) is 9.88 Å². The SMILES string of the molecule is COc1cc(N)cc(N2CCOCC2)n1. The van der Waals surface area contributed by atoms with E-state index in [1.807, 2.05) is 6.07 Å². The molecule has 15 heavy (non-hydrogen) atoms. The van der Waals surface area contributed by atoms with Crippen molar-refractivity contribution < 1.29 is 9.47 Å². The molecule has 1 aliphatic rings. The Balaban J connectivity index is 2.22. The molecule has 0 aromatic carbocycles. The van der Waals surface area contributed by atoms with Gasteiger partial charge in [-0.15, -0.1) is 0 Å². The van der Waals surface area contributed by atoms with E-state index in [4.69, 9.17) is 15.2 Å². The minimum absolute atomic E-state index is 0.552. The van der Waals surface area contributed by atoms with Crippen LogP contribution in [0.5, 0.6) is 5.88 Å². The number of anilines is 2. The zero-order chi connectivity index (χ0) is 10.7. The first-order valence-electron chi connectivity index (χ1n) is 4.94. The fourth-order valence-electron chi connectivity index (χ4n) is 1.57. The molecule has 1 aromatic rings. The van der Waals surface area contributed by atoms with Gasteiger partial charge in [-0.05, 0) is 0 Å². The summed E-state index contributed by atoms with van der Waals surface area (Å²) in [6.45, 7) is 3.16. The first-order chi connectivity index (χ1) is 7.29. The van der Waals surface area contributed by atoms with E-state index < -0.39 is 0 Å². The topological polar surface area (TPSA) is 60.6 Å². The molecule has 0 bridgehead atoms. The molecule has 0 unspecified atom stereocenters. The van der Waals surface area contributed by atoms with Gasteiger partial charge in [0.1, 0.15) is 5.82 Å². The number of nitrogens with two attached hydrogens (primary N) is 1. The molecule has 5 nitrogen and oxygen atoms in total. The number of hydrogen-bond acceptors (Lipinski definition) is 5. The van der Waals surface area contributed by atoms with Crippen LogP contribution in [0.2, 0.25) is 0 Å². The Kier molecular flexibility index (Phi) is 2.91. The maximum Gasteiger partial charge on any atom is 0.216 e. The van der Waals surface area contributed by atoms with Crippen molar-refractivity contribution in [3.05, 3.63) is 12.1 Å². The summed E-state index contributed by atoms with van der Waals surface area (Å²) in [6, 6.07) is 3.57. The van der Waals surface area contributed by atoms with Crippen LogP contribution in [0.4, 0.5) is 11.5 Å².